The van der Waals surface area contributed by atoms with Crippen LogP contribution in [0.2, 0.25) is 0 Å². The SMILES string of the molecule is CC1(C)C[C@H]([C@H](CC(=O)O)NC(=O)CCC(=O)OCC(=O)[C@@]2(O)CC[C@@H]3[C@@H]4CCC5=CC(=O)CC[C@]5(C)[C@@H]4C(=O)C[C@@]32C)CCO1. The number of esters is 1. The maximum Gasteiger partial charge on any atom is 0.306 e. The monoisotopic (exact) mass is 643 g/mol. The molecule has 5 aliphatic rings. The molecule has 0 unspecified atom stereocenters. The molecule has 11 heteroatoms. The number of hydrogen-bond donors (Lipinski definition) is 3. The van der Waals surface area contributed by atoms with Crippen molar-refractivity contribution in [3.8, 4) is 0 Å². The van der Waals surface area contributed by atoms with E-state index < -0.39 is 52.9 Å². The first kappa shape index (κ1) is 34.4. The van der Waals surface area contributed by atoms with Crippen molar-refractivity contribution in [1.82, 2.24) is 5.32 Å². The predicted molar refractivity (Wildman–Crippen MR) is 164 cm³/mol. The van der Waals surface area contributed by atoms with Crippen molar-refractivity contribution in [2.45, 2.75) is 122 Å². The summed E-state index contributed by atoms with van der Waals surface area (Å²) in [4.78, 5) is 76.2. The van der Waals surface area contributed by atoms with Gasteiger partial charge in [-0.25, -0.2) is 0 Å². The molecule has 1 heterocycles. The van der Waals surface area contributed by atoms with Crippen LogP contribution in [-0.4, -0.2) is 75.9 Å². The van der Waals surface area contributed by atoms with E-state index >= 15 is 0 Å². The van der Waals surface area contributed by atoms with Crippen LogP contribution in [0.15, 0.2) is 11.6 Å². The second-order valence-corrected chi connectivity index (χ2v) is 15.5. The Morgan fingerprint density at radius 1 is 1.04 bits per heavy atom. The molecule has 3 saturated carbocycles. The van der Waals surface area contributed by atoms with Crippen molar-refractivity contribution in [2.24, 2.45) is 34.5 Å². The fourth-order valence-corrected chi connectivity index (χ4v) is 9.82. The highest BCUT2D eigenvalue weighted by atomic mass is 16.5. The zero-order valence-corrected chi connectivity index (χ0v) is 27.5. The van der Waals surface area contributed by atoms with Gasteiger partial charge in [0.05, 0.1) is 18.4 Å². The molecule has 0 aromatic rings. The van der Waals surface area contributed by atoms with Gasteiger partial charge in [0.2, 0.25) is 11.7 Å². The number of hydrogen-bond acceptors (Lipinski definition) is 9. The standard InChI is InChI=1S/C35H49NO10/c1-32(2)17-20(11-14-46-32)25(16-29(41)42)36-28(40)7-8-30(43)45-19-27(39)35(44)13-10-24-23-6-5-21-15-22(37)9-12-33(21,3)31(23)26(38)18-34(24,35)4/h15,20,23-25,31,44H,5-14,16-19H2,1-4H3,(H,36,40)(H,41,42)/t20-,23+,24-,25+,31+,33+,34+,35+/m1/s1. The highest BCUT2D eigenvalue weighted by Gasteiger charge is 2.68. The average Bonchev–Trinajstić information content (AvgIpc) is 3.24. The van der Waals surface area contributed by atoms with Gasteiger partial charge < -0.3 is 25.0 Å². The first-order chi connectivity index (χ1) is 21.5. The molecule has 8 atom stereocenters. The lowest BCUT2D eigenvalue weighted by atomic mass is 9.46. The summed E-state index contributed by atoms with van der Waals surface area (Å²) < 4.78 is 11.0. The van der Waals surface area contributed by atoms with Gasteiger partial charge in [0, 0.05) is 43.2 Å². The summed E-state index contributed by atoms with van der Waals surface area (Å²) in [5, 5.41) is 24.0. The van der Waals surface area contributed by atoms with Crippen molar-refractivity contribution in [3.63, 3.8) is 0 Å². The van der Waals surface area contributed by atoms with Crippen LogP contribution in [0, 0.1) is 34.5 Å². The van der Waals surface area contributed by atoms with E-state index in [-0.39, 0.29) is 72.8 Å². The van der Waals surface area contributed by atoms with E-state index in [1.807, 2.05) is 20.8 Å². The van der Waals surface area contributed by atoms with E-state index in [9.17, 15) is 39.0 Å². The zero-order chi connectivity index (χ0) is 33.7. The Bertz CT molecular complexity index is 1340. The minimum atomic E-state index is -1.82. The molecule has 0 radical (unpaired) electrons. The minimum Gasteiger partial charge on any atom is -0.481 e. The van der Waals surface area contributed by atoms with E-state index in [0.29, 0.717) is 38.7 Å². The topological polar surface area (TPSA) is 173 Å². The summed E-state index contributed by atoms with van der Waals surface area (Å²) in [5.74, 6) is -3.20. The number of ketones is 3. The average molecular weight is 644 g/mol. The third-order valence-corrected chi connectivity index (χ3v) is 12.2. The Morgan fingerprint density at radius 3 is 2.48 bits per heavy atom. The van der Waals surface area contributed by atoms with Crippen LogP contribution >= 0.6 is 0 Å². The van der Waals surface area contributed by atoms with Gasteiger partial charge in [-0.2, -0.15) is 0 Å². The first-order valence-corrected chi connectivity index (χ1v) is 16.8. The molecule has 5 rings (SSSR count). The summed E-state index contributed by atoms with van der Waals surface area (Å²) in [6, 6.07) is -0.608. The van der Waals surface area contributed by atoms with Crippen LogP contribution in [0.5, 0.6) is 0 Å². The number of carbonyl (C=O) groups is 6. The van der Waals surface area contributed by atoms with Gasteiger partial charge in [-0.15, -0.1) is 0 Å². The number of amides is 1. The van der Waals surface area contributed by atoms with Crippen LogP contribution in [0.3, 0.4) is 0 Å². The van der Waals surface area contributed by atoms with E-state index in [0.717, 1.165) is 18.4 Å². The van der Waals surface area contributed by atoms with Crippen LogP contribution < -0.4 is 5.32 Å². The quantitative estimate of drug-likeness (QED) is 0.299. The first-order valence-electron chi connectivity index (χ1n) is 16.8. The Labute approximate surface area is 270 Å². The maximum atomic E-state index is 13.8. The van der Waals surface area contributed by atoms with Gasteiger partial charge in [-0.1, -0.05) is 19.4 Å². The van der Waals surface area contributed by atoms with Gasteiger partial charge in [0.25, 0.3) is 0 Å². The molecule has 46 heavy (non-hydrogen) atoms. The van der Waals surface area contributed by atoms with Crippen LogP contribution in [0.4, 0.5) is 0 Å². The molecule has 0 bridgehead atoms. The molecule has 254 valence electrons. The molecule has 0 spiro atoms. The molecule has 0 aromatic heterocycles. The molecule has 4 aliphatic carbocycles. The van der Waals surface area contributed by atoms with Crippen molar-refractivity contribution >= 4 is 35.2 Å². The lowest BCUT2D eigenvalue weighted by Gasteiger charge is -2.57. The van der Waals surface area contributed by atoms with Gasteiger partial charge in [-0.3, -0.25) is 28.8 Å². The number of carboxylic acids is 1. The lowest BCUT2D eigenvalue weighted by Crippen LogP contribution is -2.61. The number of fused-ring (bicyclic) bond motifs is 5. The van der Waals surface area contributed by atoms with Crippen molar-refractivity contribution in [3.05, 3.63) is 11.6 Å². The maximum absolute atomic E-state index is 13.8. The van der Waals surface area contributed by atoms with Crippen LogP contribution in [0.25, 0.3) is 0 Å². The predicted octanol–water partition coefficient (Wildman–Crippen LogP) is 3.49. The van der Waals surface area contributed by atoms with Crippen molar-refractivity contribution in [2.75, 3.05) is 13.2 Å². The normalized spacial score (nSPS) is 37.2. The second-order valence-electron chi connectivity index (χ2n) is 15.5. The highest BCUT2D eigenvalue weighted by Crippen LogP contribution is 2.66. The van der Waals surface area contributed by atoms with Crippen molar-refractivity contribution in [1.29, 1.82) is 0 Å². The Morgan fingerprint density at radius 2 is 1.78 bits per heavy atom. The third-order valence-electron chi connectivity index (χ3n) is 12.2. The Kier molecular flexibility index (Phi) is 9.43. The summed E-state index contributed by atoms with van der Waals surface area (Å²) in [6.45, 7) is 7.55. The fraction of sp³-hybridized carbons (Fsp3) is 0.771. The van der Waals surface area contributed by atoms with Gasteiger partial charge in [0.1, 0.15) is 11.4 Å². The molecule has 1 aliphatic heterocycles. The third kappa shape index (κ3) is 6.33. The van der Waals surface area contributed by atoms with E-state index in [4.69, 9.17) is 9.47 Å². The smallest absolute Gasteiger partial charge is 0.306 e. The highest BCUT2D eigenvalue weighted by molar-refractivity contribution is 5.95. The molecule has 0 aromatic carbocycles. The number of nitrogens with one attached hydrogen (secondary N) is 1. The van der Waals surface area contributed by atoms with Crippen LogP contribution in [0.1, 0.15) is 105 Å². The number of aliphatic hydroxyl groups is 1. The number of ether oxygens (including phenoxy) is 2. The molecule has 1 saturated heterocycles. The number of allylic oxidation sites excluding steroid dienone is 1. The molecule has 4 fully saturated rings. The van der Waals surface area contributed by atoms with Gasteiger partial charge in [0.15, 0.2) is 12.4 Å². The van der Waals surface area contributed by atoms with Gasteiger partial charge >= 0.3 is 11.9 Å². The summed E-state index contributed by atoms with van der Waals surface area (Å²) in [5.41, 5.74) is -2.57. The van der Waals surface area contributed by atoms with Crippen LogP contribution in [-0.2, 0) is 38.2 Å². The fourth-order valence-electron chi connectivity index (χ4n) is 9.82. The lowest BCUT2D eigenvalue weighted by molar-refractivity contribution is -0.173. The molecular formula is C35H49NO10. The summed E-state index contributed by atoms with van der Waals surface area (Å²) >= 11 is 0. The van der Waals surface area contributed by atoms with Crippen molar-refractivity contribution < 1.29 is 48.5 Å². The number of carbonyl (C=O) groups excluding carboxylic acids is 5. The Balaban J connectivity index is 1.16. The minimum absolute atomic E-state index is 0.00153. The Hall–Kier alpha value is -2.92. The number of rotatable bonds is 10. The molecule has 11 nitrogen and oxygen atoms in total. The summed E-state index contributed by atoms with van der Waals surface area (Å²) in [6.07, 6.45) is 5.46. The molecule has 1 amide bonds. The van der Waals surface area contributed by atoms with E-state index in [2.05, 4.69) is 12.2 Å². The number of Topliss-reactive ketones (excluding diaryl/α,β-unsaturated/α-hetero) is 2. The second kappa shape index (κ2) is 12.6. The van der Waals surface area contributed by atoms with E-state index in [1.165, 1.54) is 0 Å². The molecular weight excluding hydrogens is 594 g/mol. The zero-order valence-electron chi connectivity index (χ0n) is 27.5. The number of carboxylic acid groups (broad SMARTS) is 1. The summed E-state index contributed by atoms with van der Waals surface area (Å²) in [7, 11) is 0. The largest absolute Gasteiger partial charge is 0.481 e. The van der Waals surface area contributed by atoms with Gasteiger partial charge in [-0.05, 0) is 88.0 Å². The molecule has 3 N–H and O–H groups in total. The van der Waals surface area contributed by atoms with E-state index in [1.54, 1.807) is 6.08 Å². The number of aliphatic carboxylic acids is 1.